The molecule has 0 aliphatic carbocycles. The van der Waals surface area contributed by atoms with Crippen LogP contribution in [0.3, 0.4) is 0 Å². The number of aliphatic carboxylic acids is 1. The third-order valence-electron chi connectivity index (χ3n) is 11.7. The summed E-state index contributed by atoms with van der Waals surface area (Å²) in [4.78, 5) is 37.1. The zero-order valence-electron chi connectivity index (χ0n) is 44.2. The molecule has 8 nitrogen and oxygen atoms in total. The van der Waals surface area contributed by atoms with Gasteiger partial charge in [0, 0.05) is 19.3 Å². The van der Waals surface area contributed by atoms with Crippen LogP contribution in [0.5, 0.6) is 0 Å². The summed E-state index contributed by atoms with van der Waals surface area (Å²) in [5, 5.41) is 11.7. The average molecular weight is 948 g/mol. The van der Waals surface area contributed by atoms with E-state index in [0.29, 0.717) is 12.8 Å². The molecular formula is C60H101NO7. The van der Waals surface area contributed by atoms with E-state index in [-0.39, 0.29) is 42.7 Å². The fraction of sp³-hybridized carbons (Fsp3) is 0.683. The van der Waals surface area contributed by atoms with Crippen LogP contribution in [0.2, 0.25) is 0 Å². The molecule has 0 saturated carbocycles. The van der Waals surface area contributed by atoms with Gasteiger partial charge in [-0.1, -0.05) is 201 Å². The van der Waals surface area contributed by atoms with Gasteiger partial charge in [0.05, 0.1) is 40.3 Å². The number of nitrogens with zero attached hydrogens (tertiary/aromatic N) is 1. The summed E-state index contributed by atoms with van der Waals surface area (Å²) in [5.41, 5.74) is 0. The zero-order chi connectivity index (χ0) is 49.9. The van der Waals surface area contributed by atoms with Crippen molar-refractivity contribution in [3.05, 3.63) is 97.2 Å². The van der Waals surface area contributed by atoms with Gasteiger partial charge in [-0.05, 0) is 89.9 Å². The molecule has 2 atom stereocenters. The summed E-state index contributed by atoms with van der Waals surface area (Å²) >= 11 is 0. The summed E-state index contributed by atoms with van der Waals surface area (Å²) in [5.74, 6) is -1.75. The molecule has 0 aromatic carbocycles. The van der Waals surface area contributed by atoms with Crippen LogP contribution in [-0.2, 0) is 28.6 Å². The van der Waals surface area contributed by atoms with E-state index in [4.69, 9.17) is 14.2 Å². The van der Waals surface area contributed by atoms with E-state index in [1.165, 1.54) is 77.0 Å². The summed E-state index contributed by atoms with van der Waals surface area (Å²) < 4.78 is 17.3. The number of ether oxygens (including phenoxy) is 3. The fourth-order valence-corrected chi connectivity index (χ4v) is 7.58. The second kappa shape index (κ2) is 49.7. The Morgan fingerprint density at radius 1 is 0.441 bits per heavy atom. The van der Waals surface area contributed by atoms with Crippen molar-refractivity contribution in [1.82, 2.24) is 0 Å². The van der Waals surface area contributed by atoms with Crippen LogP contribution in [0.25, 0.3) is 0 Å². The maximum Gasteiger partial charge on any atom is 0.306 e. The lowest BCUT2D eigenvalue weighted by Gasteiger charge is -2.34. The third-order valence-corrected chi connectivity index (χ3v) is 11.7. The van der Waals surface area contributed by atoms with Crippen molar-refractivity contribution in [3.8, 4) is 0 Å². The van der Waals surface area contributed by atoms with Crippen LogP contribution >= 0.6 is 0 Å². The van der Waals surface area contributed by atoms with Gasteiger partial charge in [-0.2, -0.15) is 0 Å². The Bertz CT molecular complexity index is 1430. The van der Waals surface area contributed by atoms with Crippen LogP contribution in [0, 0.1) is 0 Å². The molecule has 0 rings (SSSR count). The number of hydrogen-bond donors (Lipinski definition) is 0. The summed E-state index contributed by atoms with van der Waals surface area (Å²) in [6.07, 6.45) is 67.2. The lowest BCUT2D eigenvalue weighted by molar-refractivity contribution is -0.889. The summed E-state index contributed by atoms with van der Waals surface area (Å²) in [7, 11) is 5.41. The van der Waals surface area contributed by atoms with Crippen molar-refractivity contribution in [1.29, 1.82) is 0 Å². The topological polar surface area (TPSA) is 102 Å². The van der Waals surface area contributed by atoms with E-state index in [2.05, 4.69) is 111 Å². The number of rotatable bonds is 48. The van der Waals surface area contributed by atoms with Crippen molar-refractivity contribution < 1.29 is 38.2 Å². The number of quaternary nitrogens is 1. The van der Waals surface area contributed by atoms with E-state index in [9.17, 15) is 19.5 Å². The second-order valence-electron chi connectivity index (χ2n) is 19.1. The fourth-order valence-electron chi connectivity index (χ4n) is 7.58. The molecule has 0 bridgehead atoms. The van der Waals surface area contributed by atoms with Crippen molar-refractivity contribution in [3.63, 3.8) is 0 Å². The first-order chi connectivity index (χ1) is 33.1. The van der Waals surface area contributed by atoms with Gasteiger partial charge in [-0.3, -0.25) is 9.59 Å². The van der Waals surface area contributed by atoms with Gasteiger partial charge in [-0.15, -0.1) is 0 Å². The molecule has 0 spiro atoms. The molecule has 0 saturated heterocycles. The van der Waals surface area contributed by atoms with Gasteiger partial charge < -0.3 is 28.6 Å². The first kappa shape index (κ1) is 64.2. The molecular weight excluding hydrogens is 847 g/mol. The van der Waals surface area contributed by atoms with E-state index in [0.717, 1.165) is 103 Å². The number of esters is 2. The Morgan fingerprint density at radius 2 is 0.779 bits per heavy atom. The maximum absolute atomic E-state index is 12.8. The highest BCUT2D eigenvalue weighted by atomic mass is 16.6. The van der Waals surface area contributed by atoms with Gasteiger partial charge in [0.25, 0.3) is 0 Å². The highest BCUT2D eigenvalue weighted by Gasteiger charge is 2.25. The predicted octanol–water partition coefficient (Wildman–Crippen LogP) is 14.9. The number of unbranched alkanes of at least 4 members (excludes halogenated alkanes) is 18. The third kappa shape index (κ3) is 47.3. The normalized spacial score (nSPS) is 13.6. The molecule has 0 N–H and O–H groups in total. The van der Waals surface area contributed by atoms with E-state index in [1.807, 2.05) is 0 Å². The van der Waals surface area contributed by atoms with Gasteiger partial charge in [0.1, 0.15) is 12.6 Å². The summed E-state index contributed by atoms with van der Waals surface area (Å²) in [6.45, 7) is 4.43. The Kier molecular flexibility index (Phi) is 46.9. The Hall–Kier alpha value is -3.75. The Morgan fingerprint density at radius 3 is 1.15 bits per heavy atom. The van der Waals surface area contributed by atoms with Crippen molar-refractivity contribution in [2.24, 2.45) is 0 Å². The second-order valence-corrected chi connectivity index (χ2v) is 19.1. The van der Waals surface area contributed by atoms with Crippen molar-refractivity contribution >= 4 is 17.9 Å². The van der Waals surface area contributed by atoms with Gasteiger partial charge >= 0.3 is 11.9 Å². The molecule has 0 aliphatic heterocycles. The maximum atomic E-state index is 12.8. The average Bonchev–Trinajstić information content (AvgIpc) is 3.30. The first-order valence-electron chi connectivity index (χ1n) is 27.3. The summed E-state index contributed by atoms with van der Waals surface area (Å²) in [6, 6.07) is -0.734. The standard InChI is InChI=1S/C60H101NO7/c1-6-8-10-12-14-16-18-20-22-24-26-28-29-31-33-35-37-39-41-43-45-47-49-51-59(63)68-56(54-66-53-52-57(60(64)65)61(3,4)5)55-67-58(62)50-48-46-44-42-40-38-36-34-32-30-27-25-23-21-19-17-15-13-11-9-7-2/h8-11,14-17,20-23,26-28,30,56-57H,6-7,12-13,18-19,24-25,29,31-55H2,1-5H3/b10-8-,11-9-,16-14-,17-15-,22-20-,23-21-,28-26-,30-27-. The first-order valence-corrected chi connectivity index (χ1v) is 27.3. The molecule has 0 radical (unpaired) electrons. The molecule has 388 valence electrons. The van der Waals surface area contributed by atoms with Crippen LogP contribution in [-0.4, -0.2) is 75.5 Å². The van der Waals surface area contributed by atoms with Crippen LogP contribution in [0.1, 0.15) is 213 Å². The number of hydrogen-bond acceptors (Lipinski definition) is 7. The molecule has 8 heteroatoms. The van der Waals surface area contributed by atoms with E-state index < -0.39 is 18.1 Å². The van der Waals surface area contributed by atoms with Gasteiger partial charge in [0.15, 0.2) is 6.10 Å². The molecule has 68 heavy (non-hydrogen) atoms. The minimum atomic E-state index is -1.13. The number of carboxylic acids is 1. The highest BCUT2D eigenvalue weighted by molar-refractivity contribution is 5.70. The minimum Gasteiger partial charge on any atom is -0.544 e. The monoisotopic (exact) mass is 948 g/mol. The van der Waals surface area contributed by atoms with E-state index in [1.54, 1.807) is 21.1 Å². The quantitative estimate of drug-likeness (QED) is 0.0259. The predicted molar refractivity (Wildman–Crippen MR) is 286 cm³/mol. The number of allylic oxidation sites excluding steroid dienone is 16. The van der Waals surface area contributed by atoms with Gasteiger partial charge in [-0.25, -0.2) is 0 Å². The SMILES string of the molecule is CC/C=C\C/C=C\C/C=C\C/C=C\CCCCCCCCCCCCC(=O)OC(COCCC(C(=O)[O-])[N+](C)(C)C)COC(=O)CCCCCCCCCC/C=C\C/C=C\C/C=C\C/C=C\CC. The van der Waals surface area contributed by atoms with Crippen molar-refractivity contribution in [2.45, 2.75) is 225 Å². The molecule has 0 aromatic heterocycles. The molecule has 0 aliphatic rings. The number of carboxylic acid groups (broad SMARTS) is 1. The number of carbonyl (C=O) groups is 3. The molecule has 2 unspecified atom stereocenters. The van der Waals surface area contributed by atoms with Crippen LogP contribution in [0.4, 0.5) is 0 Å². The van der Waals surface area contributed by atoms with Gasteiger partial charge in [0.2, 0.25) is 0 Å². The molecule has 0 amide bonds. The Balaban J connectivity index is 4.24. The smallest absolute Gasteiger partial charge is 0.306 e. The van der Waals surface area contributed by atoms with Crippen LogP contribution < -0.4 is 5.11 Å². The van der Waals surface area contributed by atoms with E-state index >= 15 is 0 Å². The minimum absolute atomic E-state index is 0.0316. The highest BCUT2D eigenvalue weighted by Crippen LogP contribution is 2.15. The zero-order valence-corrected chi connectivity index (χ0v) is 44.2. The van der Waals surface area contributed by atoms with Crippen LogP contribution in [0.15, 0.2) is 97.2 Å². The number of likely N-dealkylation sites (N-methyl/N-ethyl adjacent to an activating group) is 1. The largest absolute Gasteiger partial charge is 0.544 e. The lowest BCUT2D eigenvalue weighted by Crippen LogP contribution is -2.55. The molecule has 0 heterocycles. The molecule has 0 fully saturated rings. The Labute approximate surface area is 417 Å². The van der Waals surface area contributed by atoms with Crippen molar-refractivity contribution in [2.75, 3.05) is 41.0 Å². The lowest BCUT2D eigenvalue weighted by atomic mass is 10.0. The number of carbonyl (C=O) groups excluding carboxylic acids is 3. The molecule has 0 aromatic rings.